The van der Waals surface area contributed by atoms with Crippen LogP contribution in [0.25, 0.3) is 0 Å². The summed E-state index contributed by atoms with van der Waals surface area (Å²) < 4.78 is 28.3. The summed E-state index contributed by atoms with van der Waals surface area (Å²) in [6, 6.07) is 12.4. The maximum Gasteiger partial charge on any atom is 0.347 e. The summed E-state index contributed by atoms with van der Waals surface area (Å²) in [5, 5.41) is 5.93. The average Bonchev–Trinajstić information content (AvgIpc) is 4.00. The zero-order chi connectivity index (χ0) is 42.9. The lowest BCUT2D eigenvalue weighted by Gasteiger charge is -2.34. The molecule has 0 aromatic heterocycles. The molecule has 0 bridgehead atoms. The highest BCUT2D eigenvalue weighted by atomic mass is 35.5. The molecule has 2 aromatic carbocycles. The van der Waals surface area contributed by atoms with Crippen molar-refractivity contribution in [3.05, 3.63) is 76.3 Å². The third kappa shape index (κ3) is 13.0. The number of amides is 2. The van der Waals surface area contributed by atoms with E-state index in [0.717, 1.165) is 43.9 Å². The number of nitrogens with one attached hydrogen (secondary N) is 2. The number of nitrogens with zero attached hydrogens (tertiary/aromatic N) is 2. The number of carbonyl (C=O) groups excluding carboxylic acids is 5. The van der Waals surface area contributed by atoms with E-state index in [9.17, 15) is 24.0 Å². The number of benzene rings is 2. The van der Waals surface area contributed by atoms with E-state index < -0.39 is 47.4 Å². The van der Waals surface area contributed by atoms with Crippen molar-refractivity contribution in [2.24, 2.45) is 17.3 Å². The van der Waals surface area contributed by atoms with E-state index in [-0.39, 0.29) is 55.8 Å². The van der Waals surface area contributed by atoms with E-state index in [1.54, 1.807) is 38.1 Å². The van der Waals surface area contributed by atoms with Gasteiger partial charge in [-0.3, -0.25) is 29.0 Å². The zero-order valence-electron chi connectivity index (χ0n) is 35.2. The number of halogens is 1. The van der Waals surface area contributed by atoms with Crippen LogP contribution in [0.5, 0.6) is 5.75 Å². The number of cyclic esters (lactones) is 2. The van der Waals surface area contributed by atoms with Crippen LogP contribution in [0.4, 0.5) is 0 Å². The van der Waals surface area contributed by atoms with Crippen molar-refractivity contribution in [2.45, 2.75) is 90.9 Å². The lowest BCUT2D eigenvalue weighted by atomic mass is 9.92. The van der Waals surface area contributed by atoms with E-state index in [2.05, 4.69) is 44.7 Å². The number of ether oxygens (including phenoxy) is 5. The highest BCUT2D eigenvalue weighted by Crippen LogP contribution is 2.45. The summed E-state index contributed by atoms with van der Waals surface area (Å²) in [7, 11) is 2.91. The van der Waals surface area contributed by atoms with Gasteiger partial charge in [0, 0.05) is 58.0 Å². The fourth-order valence-electron chi connectivity index (χ4n) is 7.25. The van der Waals surface area contributed by atoms with Crippen LogP contribution in [0.3, 0.4) is 0 Å². The first-order chi connectivity index (χ1) is 28.1. The molecule has 2 amide bonds. The van der Waals surface area contributed by atoms with Crippen LogP contribution in [0.15, 0.2) is 54.6 Å². The van der Waals surface area contributed by atoms with Crippen LogP contribution < -0.4 is 15.4 Å². The van der Waals surface area contributed by atoms with Gasteiger partial charge in [-0.2, -0.15) is 0 Å². The minimum atomic E-state index is -1.22. The van der Waals surface area contributed by atoms with Crippen molar-refractivity contribution in [1.29, 1.82) is 0 Å². The molecule has 3 aliphatic heterocycles. The van der Waals surface area contributed by atoms with Gasteiger partial charge in [0.05, 0.1) is 37.3 Å². The van der Waals surface area contributed by atoms with E-state index >= 15 is 0 Å². The number of hydrogen-bond acceptors (Lipinski definition) is 12. The summed E-state index contributed by atoms with van der Waals surface area (Å²) in [4.78, 5) is 70.4. The summed E-state index contributed by atoms with van der Waals surface area (Å²) in [5.41, 5.74) is 1.63. The fourth-order valence-corrected chi connectivity index (χ4v) is 7.53. The second-order valence-electron chi connectivity index (χ2n) is 16.7. The highest BCUT2D eigenvalue weighted by Gasteiger charge is 2.48. The van der Waals surface area contributed by atoms with Crippen LogP contribution in [-0.4, -0.2) is 117 Å². The van der Waals surface area contributed by atoms with Crippen molar-refractivity contribution in [3.63, 3.8) is 0 Å². The van der Waals surface area contributed by atoms with E-state index in [4.69, 9.17) is 35.3 Å². The standard InChI is InChI=1S/C44H59ClN4O10/c1-27(2)21-36-42(53)57-34(28(3)39-40(59-39)31-14-11-29(12-15-31)24-48-17-19-49(20-18-48)25-38(51)56-7)9-8-10-37(50)47-33(23-30-13-16-35(55-6)32(45)22-30)41(52)46-26-44(4,5)43(54)58-36/h8,10-16,22,27-28,33-34,36,39-40H,9,17-21,23-26H2,1-7H3,(H,46,52)(H,47,50)/t28-,33+,34-,36-,39+,40+/m0/s1. The largest absolute Gasteiger partial charge is 0.495 e. The Balaban J connectivity index is 1.30. The Morgan fingerprint density at radius 1 is 0.949 bits per heavy atom. The molecule has 14 nitrogen and oxygen atoms in total. The molecule has 5 rings (SSSR count). The quantitative estimate of drug-likeness (QED) is 0.176. The second kappa shape index (κ2) is 20.7. The normalized spacial score (nSPS) is 25.3. The Morgan fingerprint density at radius 3 is 2.27 bits per heavy atom. The summed E-state index contributed by atoms with van der Waals surface area (Å²) in [6.45, 7) is 13.3. The molecule has 0 unspecified atom stereocenters. The van der Waals surface area contributed by atoms with Gasteiger partial charge in [0.2, 0.25) is 11.8 Å². The minimum Gasteiger partial charge on any atom is -0.495 e. The van der Waals surface area contributed by atoms with E-state index in [0.29, 0.717) is 22.9 Å². The third-order valence-electron chi connectivity index (χ3n) is 11.0. The highest BCUT2D eigenvalue weighted by molar-refractivity contribution is 6.32. The molecule has 0 spiro atoms. The first-order valence-corrected chi connectivity index (χ1v) is 20.7. The van der Waals surface area contributed by atoms with Gasteiger partial charge in [-0.15, -0.1) is 0 Å². The molecule has 3 aliphatic rings. The molecular formula is C44H59ClN4O10. The molecule has 2 saturated heterocycles. The van der Waals surface area contributed by atoms with Crippen molar-refractivity contribution in [2.75, 3.05) is 53.5 Å². The number of carbonyl (C=O) groups is 5. The van der Waals surface area contributed by atoms with Gasteiger partial charge in [-0.05, 0) is 61.1 Å². The topological polar surface area (TPSA) is 165 Å². The van der Waals surface area contributed by atoms with Crippen LogP contribution in [0, 0.1) is 17.3 Å². The van der Waals surface area contributed by atoms with Crippen molar-refractivity contribution in [3.8, 4) is 5.75 Å². The third-order valence-corrected chi connectivity index (χ3v) is 11.3. The Hall–Kier alpha value is -4.50. The van der Waals surface area contributed by atoms with Crippen molar-refractivity contribution >= 4 is 41.3 Å². The molecular weight excluding hydrogens is 780 g/mol. The Labute approximate surface area is 352 Å². The second-order valence-corrected chi connectivity index (χ2v) is 17.1. The van der Waals surface area contributed by atoms with Crippen molar-refractivity contribution in [1.82, 2.24) is 20.4 Å². The van der Waals surface area contributed by atoms with Gasteiger partial charge in [0.25, 0.3) is 0 Å². The first-order valence-electron chi connectivity index (χ1n) is 20.3. The lowest BCUT2D eigenvalue weighted by molar-refractivity contribution is -0.179. The Kier molecular flexibility index (Phi) is 16.0. The number of rotatable bonds is 12. The summed E-state index contributed by atoms with van der Waals surface area (Å²) >= 11 is 6.36. The van der Waals surface area contributed by atoms with Gasteiger partial charge in [0.15, 0.2) is 6.10 Å². The van der Waals surface area contributed by atoms with E-state index in [1.807, 2.05) is 20.8 Å². The van der Waals surface area contributed by atoms with Gasteiger partial charge in [-0.25, -0.2) is 4.79 Å². The molecule has 322 valence electrons. The molecule has 0 aliphatic carbocycles. The van der Waals surface area contributed by atoms with Gasteiger partial charge >= 0.3 is 17.9 Å². The predicted molar refractivity (Wildman–Crippen MR) is 220 cm³/mol. The lowest BCUT2D eigenvalue weighted by Crippen LogP contribution is -2.51. The molecule has 0 radical (unpaired) electrons. The molecule has 2 N–H and O–H groups in total. The average molecular weight is 839 g/mol. The number of epoxide rings is 1. The van der Waals surface area contributed by atoms with Gasteiger partial charge in [-0.1, -0.05) is 68.8 Å². The predicted octanol–water partition coefficient (Wildman–Crippen LogP) is 4.41. The molecule has 59 heavy (non-hydrogen) atoms. The number of piperazine rings is 1. The molecule has 15 heteroatoms. The molecule has 3 heterocycles. The van der Waals surface area contributed by atoms with E-state index in [1.165, 1.54) is 20.3 Å². The maximum atomic E-state index is 13.8. The fraction of sp³-hybridized carbons (Fsp3) is 0.568. The maximum absolute atomic E-state index is 13.8. The molecule has 2 aromatic rings. The molecule has 6 atom stereocenters. The number of hydrogen-bond donors (Lipinski definition) is 2. The van der Waals surface area contributed by atoms with Crippen LogP contribution in [0.1, 0.15) is 70.3 Å². The summed E-state index contributed by atoms with van der Waals surface area (Å²) in [6.07, 6.45) is 1.06. The number of methoxy groups -OCH3 is 2. The Bertz CT molecular complexity index is 1830. The first kappa shape index (κ1) is 45.6. The van der Waals surface area contributed by atoms with Gasteiger partial charge in [0.1, 0.15) is 24.0 Å². The van der Waals surface area contributed by atoms with Crippen LogP contribution in [-0.2, 0) is 55.9 Å². The van der Waals surface area contributed by atoms with Crippen LogP contribution in [0.2, 0.25) is 5.02 Å². The monoisotopic (exact) mass is 838 g/mol. The van der Waals surface area contributed by atoms with Crippen LogP contribution >= 0.6 is 11.6 Å². The number of esters is 3. The molecule has 0 saturated carbocycles. The molecule has 2 fully saturated rings. The SMILES string of the molecule is COC(=O)CN1CCN(Cc2ccc([C@H]3O[C@@H]3[C@@H](C)[C@@H]3CC=CC(=O)N[C@H](Cc4ccc(OC)c(Cl)c4)C(=O)NCC(C)(C)C(=O)O[C@@H](CC(C)C)C(=O)O3)cc2)CC1. The zero-order valence-corrected chi connectivity index (χ0v) is 35.9. The minimum absolute atomic E-state index is 0.00395. The van der Waals surface area contributed by atoms with Gasteiger partial charge < -0.3 is 34.3 Å². The summed E-state index contributed by atoms with van der Waals surface area (Å²) in [5.74, 6) is -2.43. The smallest absolute Gasteiger partial charge is 0.347 e. The van der Waals surface area contributed by atoms with Crippen molar-refractivity contribution < 1.29 is 47.7 Å². The Morgan fingerprint density at radius 2 is 1.63 bits per heavy atom.